The molecule has 0 radical (unpaired) electrons. The second kappa shape index (κ2) is 137. The lowest BCUT2D eigenvalue weighted by Crippen LogP contribution is -2.14. The van der Waals surface area contributed by atoms with Gasteiger partial charge in [0.25, 0.3) is 0 Å². The smallest absolute Gasteiger partial charge is 0.231 e. The Balaban J connectivity index is -0.0000000881. The van der Waals surface area contributed by atoms with Crippen LogP contribution >= 0.6 is 0 Å². The lowest BCUT2D eigenvalue weighted by atomic mass is 9.92. The van der Waals surface area contributed by atoms with Gasteiger partial charge in [0.2, 0.25) is 6.79 Å². The van der Waals surface area contributed by atoms with Gasteiger partial charge in [-0.25, -0.2) is 4.98 Å². The second-order valence-electron chi connectivity index (χ2n) is 21.3. The summed E-state index contributed by atoms with van der Waals surface area (Å²) in [6.45, 7) is 82.8. The van der Waals surface area contributed by atoms with Crippen molar-refractivity contribution in [3.05, 3.63) is 332 Å². The fourth-order valence-corrected chi connectivity index (χ4v) is 10.3. The van der Waals surface area contributed by atoms with Gasteiger partial charge in [0.15, 0.2) is 29.8 Å². The molecule has 14 aromatic rings. The molecule has 0 spiro atoms. The van der Waals surface area contributed by atoms with Gasteiger partial charge in [-0.05, 0) is 151 Å². The van der Waals surface area contributed by atoms with E-state index in [9.17, 15) is 0 Å². The highest BCUT2D eigenvalue weighted by molar-refractivity contribution is 5.82. The molecule has 0 saturated carbocycles. The third-order valence-corrected chi connectivity index (χ3v) is 14.9. The molecule has 10 aromatic carbocycles. The molecule has 5 aliphatic rings. The summed E-state index contributed by atoms with van der Waals surface area (Å²) >= 11 is 0. The van der Waals surface area contributed by atoms with E-state index >= 15 is 0 Å². The first kappa shape index (κ1) is 159. The first-order valence-electron chi connectivity index (χ1n) is 51.2. The van der Waals surface area contributed by atoms with E-state index in [0.29, 0.717) is 33.4 Å². The largest absolute Gasteiger partial charge is 0.486 e. The predicted molar refractivity (Wildman–Crippen MR) is 624 cm³/mol. The van der Waals surface area contributed by atoms with Crippen LogP contribution in [0.15, 0.2) is 304 Å². The third-order valence-electron chi connectivity index (χ3n) is 14.9. The van der Waals surface area contributed by atoms with Crippen LogP contribution in [0.4, 0.5) is 0 Å². The fraction of sp³-hybridized carbons (Fsp3) is 0.452. The maximum atomic E-state index is 5.30. The Morgan fingerprint density at radius 2 is 0.522 bits per heavy atom. The summed E-state index contributed by atoms with van der Waals surface area (Å²) < 4.78 is 31.0. The molecule has 12 nitrogen and oxygen atoms in total. The zero-order valence-electron chi connectivity index (χ0n) is 91.6. The van der Waals surface area contributed by atoms with Crippen LogP contribution in [0.3, 0.4) is 0 Å². The fourth-order valence-electron chi connectivity index (χ4n) is 10.3. The molecule has 0 atom stereocenters. The molecule has 0 amide bonds. The van der Waals surface area contributed by atoms with E-state index in [1.54, 1.807) is 41.0 Å². The molecule has 774 valence electrons. The number of ether oxygens (including phenoxy) is 6. The van der Waals surface area contributed by atoms with Crippen molar-refractivity contribution < 1.29 is 28.4 Å². The van der Waals surface area contributed by atoms with Gasteiger partial charge in [-0.15, -0.1) is 0 Å². The summed E-state index contributed by atoms with van der Waals surface area (Å²) in [7, 11) is 0. The van der Waals surface area contributed by atoms with Gasteiger partial charge in [-0.1, -0.05) is 507 Å². The van der Waals surface area contributed by atoms with Crippen LogP contribution in [-0.4, -0.2) is 56.9 Å². The maximum absolute atomic E-state index is 5.30. The van der Waals surface area contributed by atoms with E-state index in [-0.39, 0.29) is 29.7 Å². The van der Waals surface area contributed by atoms with Crippen molar-refractivity contribution in [3.63, 3.8) is 0 Å². The quantitative estimate of drug-likeness (QED) is 0.151. The average molecular weight is 1880 g/mol. The molecule has 4 aromatic heterocycles. The Labute approximate surface area is 842 Å². The Morgan fingerprint density at radius 1 is 0.228 bits per heavy atom. The third kappa shape index (κ3) is 78.1. The summed E-state index contributed by atoms with van der Waals surface area (Å²) in [6, 6.07) is 91.2. The van der Waals surface area contributed by atoms with Gasteiger partial charge in [-0.3, -0.25) is 15.1 Å². The van der Waals surface area contributed by atoms with Crippen LogP contribution in [0, 0.1) is 0 Å². The number of hydrogen-bond donors (Lipinski definition) is 2. The highest BCUT2D eigenvalue weighted by Gasteiger charge is 2.12. The number of para-hydroxylation sites is 9. The lowest BCUT2D eigenvalue weighted by molar-refractivity contribution is -0.0163. The van der Waals surface area contributed by atoms with E-state index < -0.39 is 0 Å². The number of H-pyrrole nitrogens is 2. The zero-order valence-corrected chi connectivity index (χ0v) is 91.6. The number of aromatic amines is 2. The van der Waals surface area contributed by atoms with Gasteiger partial charge in [0.1, 0.15) is 19.0 Å². The van der Waals surface area contributed by atoms with E-state index in [0.717, 1.165) is 61.8 Å². The van der Waals surface area contributed by atoms with Crippen LogP contribution < -0.4 is 23.7 Å². The van der Waals surface area contributed by atoms with Crippen molar-refractivity contribution >= 4 is 43.6 Å². The van der Waals surface area contributed by atoms with E-state index in [1.807, 2.05) is 453 Å². The van der Waals surface area contributed by atoms with Crippen molar-refractivity contribution in [1.29, 1.82) is 0 Å². The number of nitrogens with zero attached hydrogens (tertiary/aromatic N) is 4. The topological polar surface area (TPSA) is 139 Å². The second-order valence-corrected chi connectivity index (χ2v) is 21.3. The molecule has 12 heteroatoms. The maximum Gasteiger partial charge on any atom is 0.231 e. The molecule has 2 N–H and O–H groups in total. The Morgan fingerprint density at radius 3 is 0.868 bits per heavy atom. The molecular formula is C124H212N6O6. The summed E-state index contributed by atoms with van der Waals surface area (Å²) in [5.41, 5.74) is 11.7. The van der Waals surface area contributed by atoms with Crippen LogP contribution in [0.5, 0.6) is 28.7 Å². The van der Waals surface area contributed by atoms with Crippen LogP contribution in [0.25, 0.3) is 43.6 Å². The zero-order chi connectivity index (χ0) is 103. The van der Waals surface area contributed by atoms with Crippen LogP contribution in [0.1, 0.15) is 354 Å². The van der Waals surface area contributed by atoms with Crippen LogP contribution in [0.2, 0.25) is 0 Å². The molecule has 0 saturated heterocycles. The molecule has 0 fully saturated rings. The minimum atomic E-state index is 0. The number of aryl methyl sites for hydroxylation is 4. The Bertz CT molecular complexity index is 3740. The van der Waals surface area contributed by atoms with Crippen molar-refractivity contribution in [3.8, 4) is 28.7 Å². The van der Waals surface area contributed by atoms with Crippen molar-refractivity contribution in [1.82, 2.24) is 30.1 Å². The number of rotatable bonds is 0. The van der Waals surface area contributed by atoms with Gasteiger partial charge < -0.3 is 33.4 Å². The number of nitrogens with one attached hydrogen (secondary N) is 2. The minimum absolute atomic E-state index is 0. The van der Waals surface area contributed by atoms with Gasteiger partial charge in [0, 0.05) is 34.9 Å². The SMILES string of the molecule is C.C.C.C.CC.CC.CC.CC.CC.CC.CC.CC.CC.CC.CC.CC.CC.CC.CC.CC.CC.CC.CC.CC.c1ccc2[nH]cnc2c1.c1ccc2[nH]ncc2c1.c1ccc2c(c1)CCC2.c1ccc2c(c1)CCCC2.c1ccc2c(c1)COCO2.c1ccc2c(c1)OCCO2.c1ccc2c(c1)OCO2.c1ccc2ccccc2c1.c1ccc2ncccc2c1.c1ccncc1. The first-order valence-corrected chi connectivity index (χ1v) is 51.2. The molecule has 7 heterocycles. The number of fused-ring (bicyclic) bond motifs is 9. The van der Waals surface area contributed by atoms with E-state index in [4.69, 9.17) is 28.4 Å². The van der Waals surface area contributed by atoms with Crippen molar-refractivity contribution in [2.24, 2.45) is 0 Å². The molecule has 3 aliphatic heterocycles. The Hall–Kier alpha value is -11.1. The van der Waals surface area contributed by atoms with E-state index in [1.165, 1.54) is 61.1 Å². The Kier molecular flexibility index (Phi) is 160. The molecule has 2 aliphatic carbocycles. The monoisotopic (exact) mass is 1880 g/mol. The molecule has 0 bridgehead atoms. The molecule has 0 unspecified atom stereocenters. The van der Waals surface area contributed by atoms with Gasteiger partial charge >= 0.3 is 0 Å². The number of pyridine rings is 2. The normalized spacial score (nSPS) is 9.44. The summed E-state index contributed by atoms with van der Waals surface area (Å²) in [6.07, 6.45) is 18.2. The summed E-state index contributed by atoms with van der Waals surface area (Å²) in [4.78, 5) is 15.0. The average Bonchev–Trinajstić information content (AvgIpc) is 1.84. The molecule has 136 heavy (non-hydrogen) atoms. The number of imidazole rings is 1. The molecule has 19 rings (SSSR count). The first-order chi connectivity index (χ1) is 65.7. The van der Waals surface area contributed by atoms with E-state index in [2.05, 4.69) is 139 Å². The highest BCUT2D eigenvalue weighted by Crippen LogP contribution is 2.31. The summed E-state index contributed by atoms with van der Waals surface area (Å²) in [5, 5.41) is 11.7. The van der Waals surface area contributed by atoms with Crippen LogP contribution in [-0.2, 0) is 37.0 Å². The number of benzene rings is 10. The van der Waals surface area contributed by atoms with Crippen molar-refractivity contribution in [2.45, 2.75) is 358 Å². The van der Waals surface area contributed by atoms with Crippen molar-refractivity contribution in [2.75, 3.05) is 26.8 Å². The number of hydrogen-bond acceptors (Lipinski definition) is 10. The molecular weight excluding hydrogens is 1670 g/mol. The highest BCUT2D eigenvalue weighted by atomic mass is 16.7. The standard InChI is InChI=1S/C10H12.C10H8.C9H7N.C9H10.2C8H8O2.2C7H6N2.C7H6O2.C5H5N.20C2H6.4CH4/c2*1-2-6-10-8-4-3-7-9(10)5-1;1-2-6-9-8(4-1)5-3-7-10-9;1-2-5-9-7-3-6-8(9)4-1;1-2-4-8-7(3-1)5-9-6-10-8;1-2-4-8-7(3-1)9-5-6-10-8;1-2-4-7-6(3-1)8-5-9-7;1-2-4-7-6(3-1)5-8-9-7;1-2-4-7-6(3-1)8-5-9-7;1-2-4-6-5-3-1;20*1-2;;;;/h1-2,5-6H,3-4,7-8H2;1-8H;1-7H;1-2,4-5H,3,6-7H2;2*1-4H,5-6H2;2*1-5H,(H,8,9);1-4H,5H2;1-5H;20*1-2H3;4*1H4. The van der Waals surface area contributed by atoms with Gasteiger partial charge in [-0.2, -0.15) is 5.10 Å². The lowest BCUT2D eigenvalue weighted by Gasteiger charge is -2.17. The van der Waals surface area contributed by atoms with Gasteiger partial charge in [0.05, 0.1) is 41.2 Å². The minimum Gasteiger partial charge on any atom is -0.486 e. The predicted octanol–water partition coefficient (Wildman–Crippen LogP) is 41.5. The summed E-state index contributed by atoms with van der Waals surface area (Å²) in [5.74, 6) is 4.35. The number of aromatic nitrogens is 6.